The molecule has 0 aliphatic rings. The quantitative estimate of drug-likeness (QED) is 0.513. The zero-order chi connectivity index (χ0) is 22.6. The lowest BCUT2D eigenvalue weighted by Crippen LogP contribution is -2.20. The summed E-state index contributed by atoms with van der Waals surface area (Å²) in [5, 5.41) is 6.20. The number of nitrogens with zero attached hydrogens (tertiary/aromatic N) is 1. The Hall–Kier alpha value is -3.56. The molecule has 0 unspecified atom stereocenters. The minimum Gasteiger partial charge on any atom is -0.489 e. The fourth-order valence-electron chi connectivity index (χ4n) is 2.67. The van der Waals surface area contributed by atoms with E-state index < -0.39 is 24.5 Å². The Kier molecular flexibility index (Phi) is 6.47. The number of alkyl halides is 3. The second-order valence-electron chi connectivity index (χ2n) is 6.62. The summed E-state index contributed by atoms with van der Waals surface area (Å²) in [5.41, 5.74) is 1.39. The average Bonchev–Trinajstić information content (AvgIpc) is 3.03. The molecule has 31 heavy (non-hydrogen) atoms. The van der Waals surface area contributed by atoms with E-state index in [1.165, 1.54) is 12.1 Å². The molecule has 6 nitrogen and oxygen atoms in total. The van der Waals surface area contributed by atoms with Crippen LogP contribution < -0.4 is 14.8 Å². The lowest BCUT2D eigenvalue weighted by atomic mass is 10.2. The molecule has 0 aliphatic carbocycles. The number of carbonyl (C=O) groups is 1. The molecule has 1 amide bonds. The van der Waals surface area contributed by atoms with Gasteiger partial charge >= 0.3 is 6.18 Å². The van der Waals surface area contributed by atoms with Crippen molar-refractivity contribution in [2.45, 2.75) is 26.6 Å². The maximum atomic E-state index is 13.6. The molecule has 0 spiro atoms. The highest BCUT2D eigenvalue weighted by Crippen LogP contribution is 2.28. The molecule has 0 fully saturated rings. The Bertz CT molecular complexity index is 1060. The maximum Gasteiger partial charge on any atom is 0.422 e. The zero-order valence-electron chi connectivity index (χ0n) is 16.5. The third-order valence-electron chi connectivity index (χ3n) is 4.24. The van der Waals surface area contributed by atoms with E-state index in [1.54, 1.807) is 26.0 Å². The van der Waals surface area contributed by atoms with Crippen LogP contribution in [0.25, 0.3) is 0 Å². The first-order valence-electron chi connectivity index (χ1n) is 9.07. The molecule has 0 bridgehead atoms. The molecule has 1 heterocycles. The summed E-state index contributed by atoms with van der Waals surface area (Å²) in [7, 11) is 0. The van der Waals surface area contributed by atoms with E-state index >= 15 is 0 Å². The van der Waals surface area contributed by atoms with Crippen molar-refractivity contribution < 1.29 is 36.4 Å². The van der Waals surface area contributed by atoms with Crippen molar-refractivity contribution in [3.63, 3.8) is 0 Å². The van der Waals surface area contributed by atoms with E-state index in [0.29, 0.717) is 17.2 Å². The van der Waals surface area contributed by atoms with Crippen LogP contribution in [-0.4, -0.2) is 23.8 Å². The molecular weight excluding hydrogens is 420 g/mol. The van der Waals surface area contributed by atoms with Crippen LogP contribution in [0.3, 0.4) is 0 Å². The molecule has 3 aromatic rings. The molecule has 164 valence electrons. The fourth-order valence-corrected chi connectivity index (χ4v) is 2.67. The first-order chi connectivity index (χ1) is 14.6. The predicted octanol–water partition coefficient (Wildman–Crippen LogP) is 5.20. The second kappa shape index (κ2) is 9.07. The van der Waals surface area contributed by atoms with Crippen LogP contribution >= 0.6 is 0 Å². The number of hydrogen-bond acceptors (Lipinski definition) is 5. The lowest BCUT2D eigenvalue weighted by Gasteiger charge is -2.14. The summed E-state index contributed by atoms with van der Waals surface area (Å²) in [5.74, 6) is -0.737. The number of aryl methyl sites for hydroxylation is 2. The number of benzene rings is 2. The molecule has 1 aromatic heterocycles. The van der Waals surface area contributed by atoms with Crippen molar-refractivity contribution in [3.05, 3.63) is 70.9 Å². The summed E-state index contributed by atoms with van der Waals surface area (Å²) >= 11 is 0. The third-order valence-corrected chi connectivity index (χ3v) is 4.24. The monoisotopic (exact) mass is 438 g/mol. The van der Waals surface area contributed by atoms with Gasteiger partial charge in [0.05, 0.1) is 16.9 Å². The highest BCUT2D eigenvalue weighted by Gasteiger charge is 2.29. The minimum absolute atomic E-state index is 0.155. The smallest absolute Gasteiger partial charge is 0.422 e. The van der Waals surface area contributed by atoms with E-state index in [9.17, 15) is 22.4 Å². The number of amides is 1. The Morgan fingerprint density at radius 2 is 1.90 bits per heavy atom. The van der Waals surface area contributed by atoms with Crippen molar-refractivity contribution in [1.82, 2.24) is 5.16 Å². The van der Waals surface area contributed by atoms with Gasteiger partial charge in [0.2, 0.25) is 0 Å². The van der Waals surface area contributed by atoms with Gasteiger partial charge in [0.25, 0.3) is 5.91 Å². The van der Waals surface area contributed by atoms with Crippen LogP contribution in [0.2, 0.25) is 0 Å². The molecule has 1 N–H and O–H groups in total. The summed E-state index contributed by atoms with van der Waals surface area (Å²) in [4.78, 5) is 12.6. The molecule has 0 aliphatic heterocycles. The number of nitrogens with one attached hydrogen (secondary N) is 1. The van der Waals surface area contributed by atoms with Crippen molar-refractivity contribution in [3.8, 4) is 11.5 Å². The number of ether oxygens (including phenoxy) is 2. The lowest BCUT2D eigenvalue weighted by molar-refractivity contribution is -0.153. The van der Waals surface area contributed by atoms with Gasteiger partial charge < -0.3 is 19.3 Å². The number of halogens is 4. The highest BCUT2D eigenvalue weighted by molar-refractivity contribution is 6.05. The molecule has 10 heteroatoms. The Balaban J connectivity index is 1.72. The van der Waals surface area contributed by atoms with Gasteiger partial charge in [-0.1, -0.05) is 11.2 Å². The number of hydrogen-bond donors (Lipinski definition) is 1. The van der Waals surface area contributed by atoms with Gasteiger partial charge in [0.1, 0.15) is 29.7 Å². The Morgan fingerprint density at radius 1 is 1.13 bits per heavy atom. The predicted molar refractivity (Wildman–Crippen MR) is 103 cm³/mol. The average molecular weight is 438 g/mol. The normalized spacial score (nSPS) is 11.3. The maximum absolute atomic E-state index is 13.6. The molecular formula is C21H18F4N2O4. The zero-order valence-corrected chi connectivity index (χ0v) is 16.5. The highest BCUT2D eigenvalue weighted by atomic mass is 19.4. The first kappa shape index (κ1) is 22.1. The topological polar surface area (TPSA) is 73.6 Å². The fraction of sp³-hybridized carbons (Fsp3) is 0.238. The van der Waals surface area contributed by atoms with E-state index in [-0.39, 0.29) is 23.6 Å². The molecule has 0 saturated heterocycles. The van der Waals surface area contributed by atoms with Gasteiger partial charge in [-0.05, 0) is 44.2 Å². The van der Waals surface area contributed by atoms with Gasteiger partial charge in [-0.25, -0.2) is 4.39 Å². The van der Waals surface area contributed by atoms with Gasteiger partial charge in [-0.3, -0.25) is 4.79 Å². The third kappa shape index (κ3) is 5.97. The molecule has 3 rings (SSSR count). The standard InChI is InChI=1S/C21H18F4N2O4/c1-12-17(13(2)31-27-12)10-29-16-5-3-4-14(8-16)20(28)26-18-9-15(22)6-7-19(18)30-11-21(23,24)25/h3-9H,10-11H2,1-2H3,(H,26,28). The van der Waals surface area contributed by atoms with Crippen molar-refractivity contribution in [2.24, 2.45) is 0 Å². The van der Waals surface area contributed by atoms with E-state index in [1.807, 2.05) is 0 Å². The Morgan fingerprint density at radius 3 is 2.58 bits per heavy atom. The molecule has 0 atom stereocenters. The van der Waals surface area contributed by atoms with Gasteiger partial charge in [0.15, 0.2) is 6.61 Å². The minimum atomic E-state index is -4.58. The number of carbonyl (C=O) groups excluding carboxylic acids is 1. The first-order valence-corrected chi connectivity index (χ1v) is 9.07. The van der Waals surface area contributed by atoms with E-state index in [2.05, 4.69) is 15.2 Å². The van der Waals surface area contributed by atoms with Crippen LogP contribution in [0, 0.1) is 19.7 Å². The van der Waals surface area contributed by atoms with Crippen LogP contribution in [0.4, 0.5) is 23.2 Å². The van der Waals surface area contributed by atoms with Crippen molar-refractivity contribution in [1.29, 1.82) is 0 Å². The number of anilines is 1. The molecule has 0 radical (unpaired) electrons. The van der Waals surface area contributed by atoms with E-state index in [0.717, 1.165) is 23.8 Å². The van der Waals surface area contributed by atoms with Gasteiger partial charge in [-0.15, -0.1) is 0 Å². The summed E-state index contributed by atoms with van der Waals surface area (Å²) in [6.07, 6.45) is -4.58. The number of aromatic nitrogens is 1. The summed E-state index contributed by atoms with van der Waals surface area (Å²) in [6, 6.07) is 8.96. The van der Waals surface area contributed by atoms with Crippen LogP contribution in [0.1, 0.15) is 27.4 Å². The van der Waals surface area contributed by atoms with E-state index in [4.69, 9.17) is 9.26 Å². The Labute approximate surface area is 174 Å². The SMILES string of the molecule is Cc1noc(C)c1COc1cccc(C(=O)Nc2cc(F)ccc2OCC(F)(F)F)c1. The molecule has 0 saturated carbocycles. The van der Waals surface area contributed by atoms with Crippen LogP contribution in [-0.2, 0) is 6.61 Å². The second-order valence-corrected chi connectivity index (χ2v) is 6.62. The summed E-state index contributed by atoms with van der Waals surface area (Å²) in [6.45, 7) is 2.12. The van der Waals surface area contributed by atoms with Crippen LogP contribution in [0.15, 0.2) is 47.0 Å². The summed E-state index contributed by atoms with van der Waals surface area (Å²) < 4.78 is 66.3. The largest absolute Gasteiger partial charge is 0.489 e. The van der Waals surface area contributed by atoms with Crippen molar-refractivity contribution >= 4 is 11.6 Å². The number of rotatable bonds is 7. The van der Waals surface area contributed by atoms with Crippen molar-refractivity contribution in [2.75, 3.05) is 11.9 Å². The van der Waals surface area contributed by atoms with Gasteiger partial charge in [0, 0.05) is 11.6 Å². The van der Waals surface area contributed by atoms with Crippen LogP contribution in [0.5, 0.6) is 11.5 Å². The van der Waals surface area contributed by atoms with Gasteiger partial charge in [-0.2, -0.15) is 13.2 Å². The molecule has 2 aromatic carbocycles.